The summed E-state index contributed by atoms with van der Waals surface area (Å²) >= 11 is 0. The smallest absolute Gasteiger partial charge is 0.223 e. The standard InChI is InChI=1S/C17H26N2O2/c1-12-5-3-6-13(2)16(12)21-10-9-19-17(20)14-7-4-8-15(18)11-14/h3,5-6,14-15H,4,7-11,18H2,1-2H3,(H,19,20). The van der Waals surface area contributed by atoms with E-state index >= 15 is 0 Å². The van der Waals surface area contributed by atoms with E-state index in [-0.39, 0.29) is 17.9 Å². The van der Waals surface area contributed by atoms with Gasteiger partial charge in [-0.1, -0.05) is 24.6 Å². The van der Waals surface area contributed by atoms with Crippen molar-refractivity contribution in [2.45, 2.75) is 45.6 Å². The van der Waals surface area contributed by atoms with Crippen LogP contribution < -0.4 is 15.8 Å². The van der Waals surface area contributed by atoms with Crippen LogP contribution >= 0.6 is 0 Å². The van der Waals surface area contributed by atoms with Gasteiger partial charge in [0.15, 0.2) is 0 Å². The average Bonchev–Trinajstić information content (AvgIpc) is 2.45. The third-order valence-electron chi connectivity index (χ3n) is 4.14. The fraction of sp³-hybridized carbons (Fsp3) is 0.588. The first-order valence-corrected chi connectivity index (χ1v) is 7.80. The number of amides is 1. The largest absolute Gasteiger partial charge is 0.491 e. The zero-order chi connectivity index (χ0) is 15.2. The van der Waals surface area contributed by atoms with Crippen molar-refractivity contribution in [3.63, 3.8) is 0 Å². The molecule has 0 saturated heterocycles. The summed E-state index contributed by atoms with van der Waals surface area (Å²) in [5.74, 6) is 1.12. The summed E-state index contributed by atoms with van der Waals surface area (Å²) in [5.41, 5.74) is 8.17. The van der Waals surface area contributed by atoms with Crippen molar-refractivity contribution >= 4 is 5.91 Å². The number of hydrogen-bond donors (Lipinski definition) is 2. The first-order chi connectivity index (χ1) is 10.1. The highest BCUT2D eigenvalue weighted by molar-refractivity contribution is 5.78. The van der Waals surface area contributed by atoms with Crippen LogP contribution in [0.1, 0.15) is 36.8 Å². The molecule has 21 heavy (non-hydrogen) atoms. The molecule has 4 heteroatoms. The van der Waals surface area contributed by atoms with E-state index in [9.17, 15) is 4.79 Å². The van der Waals surface area contributed by atoms with Crippen molar-refractivity contribution in [2.24, 2.45) is 11.7 Å². The van der Waals surface area contributed by atoms with Gasteiger partial charge in [0.2, 0.25) is 5.91 Å². The molecule has 1 amide bonds. The Morgan fingerprint density at radius 2 is 2.05 bits per heavy atom. The fourth-order valence-corrected chi connectivity index (χ4v) is 2.96. The van der Waals surface area contributed by atoms with Gasteiger partial charge >= 0.3 is 0 Å². The molecule has 1 saturated carbocycles. The van der Waals surface area contributed by atoms with Gasteiger partial charge in [-0.15, -0.1) is 0 Å². The lowest BCUT2D eigenvalue weighted by molar-refractivity contribution is -0.126. The molecule has 3 N–H and O–H groups in total. The molecule has 1 fully saturated rings. The average molecular weight is 290 g/mol. The third-order valence-corrected chi connectivity index (χ3v) is 4.14. The summed E-state index contributed by atoms with van der Waals surface area (Å²) in [7, 11) is 0. The van der Waals surface area contributed by atoms with E-state index in [0.29, 0.717) is 13.2 Å². The lowest BCUT2D eigenvalue weighted by atomic mass is 9.85. The van der Waals surface area contributed by atoms with Crippen LogP contribution in [0.2, 0.25) is 0 Å². The Labute approximate surface area is 127 Å². The van der Waals surface area contributed by atoms with E-state index < -0.39 is 0 Å². The second-order valence-electron chi connectivity index (χ2n) is 5.98. The Morgan fingerprint density at radius 1 is 1.33 bits per heavy atom. The van der Waals surface area contributed by atoms with E-state index in [1.165, 1.54) is 0 Å². The van der Waals surface area contributed by atoms with Crippen LogP contribution in [-0.4, -0.2) is 25.1 Å². The molecule has 1 aliphatic rings. The van der Waals surface area contributed by atoms with Crippen molar-refractivity contribution < 1.29 is 9.53 Å². The number of carbonyl (C=O) groups excluding carboxylic acids is 1. The van der Waals surface area contributed by atoms with Crippen molar-refractivity contribution in [2.75, 3.05) is 13.2 Å². The highest BCUT2D eigenvalue weighted by atomic mass is 16.5. The van der Waals surface area contributed by atoms with Gasteiger partial charge in [-0.25, -0.2) is 0 Å². The lowest BCUT2D eigenvalue weighted by Gasteiger charge is -2.25. The number of ether oxygens (including phenoxy) is 1. The minimum absolute atomic E-state index is 0.0777. The van der Waals surface area contributed by atoms with Crippen LogP contribution in [0, 0.1) is 19.8 Å². The quantitative estimate of drug-likeness (QED) is 0.818. The van der Waals surface area contributed by atoms with Gasteiger partial charge in [-0.3, -0.25) is 4.79 Å². The highest BCUT2D eigenvalue weighted by Gasteiger charge is 2.24. The van der Waals surface area contributed by atoms with Crippen LogP contribution in [0.25, 0.3) is 0 Å². The predicted octanol–water partition coefficient (Wildman–Crippen LogP) is 2.32. The summed E-state index contributed by atoms with van der Waals surface area (Å²) in [4.78, 5) is 12.1. The van der Waals surface area contributed by atoms with Crippen LogP contribution in [0.4, 0.5) is 0 Å². The maximum absolute atomic E-state index is 12.1. The summed E-state index contributed by atoms with van der Waals surface area (Å²) in [5, 5.41) is 2.96. The van der Waals surface area contributed by atoms with E-state index in [1.807, 2.05) is 32.0 Å². The topological polar surface area (TPSA) is 64.3 Å². The highest BCUT2D eigenvalue weighted by Crippen LogP contribution is 2.23. The van der Waals surface area contributed by atoms with Crippen LogP contribution in [0.3, 0.4) is 0 Å². The van der Waals surface area contributed by atoms with Gasteiger partial charge in [0.05, 0.1) is 6.54 Å². The molecule has 116 valence electrons. The zero-order valence-electron chi connectivity index (χ0n) is 13.0. The molecule has 0 aromatic heterocycles. The van der Waals surface area contributed by atoms with Crippen LogP contribution in [0.5, 0.6) is 5.75 Å². The summed E-state index contributed by atoms with van der Waals surface area (Å²) in [6, 6.07) is 6.26. The van der Waals surface area contributed by atoms with Crippen LogP contribution in [-0.2, 0) is 4.79 Å². The van der Waals surface area contributed by atoms with Crippen molar-refractivity contribution in [3.05, 3.63) is 29.3 Å². The van der Waals surface area contributed by atoms with Crippen molar-refractivity contribution in [1.29, 1.82) is 0 Å². The first kappa shape index (κ1) is 15.8. The molecule has 2 unspecified atom stereocenters. The molecule has 0 aliphatic heterocycles. The Kier molecular flexibility index (Phi) is 5.62. The van der Waals surface area contributed by atoms with Gasteiger partial charge < -0.3 is 15.8 Å². The second kappa shape index (κ2) is 7.46. The molecular weight excluding hydrogens is 264 g/mol. The number of hydrogen-bond acceptors (Lipinski definition) is 3. The predicted molar refractivity (Wildman–Crippen MR) is 84.4 cm³/mol. The minimum atomic E-state index is 0.0777. The maximum atomic E-state index is 12.1. The van der Waals surface area contributed by atoms with Gasteiger partial charge in [0.25, 0.3) is 0 Å². The monoisotopic (exact) mass is 290 g/mol. The number of para-hydroxylation sites is 1. The van der Waals surface area contributed by atoms with Gasteiger partial charge in [0.1, 0.15) is 12.4 Å². The van der Waals surface area contributed by atoms with Crippen molar-refractivity contribution in [1.82, 2.24) is 5.32 Å². The molecule has 2 rings (SSSR count). The molecule has 0 radical (unpaired) electrons. The first-order valence-electron chi connectivity index (χ1n) is 7.80. The van der Waals surface area contributed by atoms with Crippen molar-refractivity contribution in [3.8, 4) is 5.75 Å². The molecule has 0 spiro atoms. The number of aryl methyl sites for hydroxylation is 2. The Balaban J connectivity index is 1.73. The second-order valence-corrected chi connectivity index (χ2v) is 5.98. The van der Waals surface area contributed by atoms with Crippen LogP contribution in [0.15, 0.2) is 18.2 Å². The Morgan fingerprint density at radius 3 is 2.71 bits per heavy atom. The van der Waals surface area contributed by atoms with Gasteiger partial charge in [-0.05, 0) is 44.2 Å². The maximum Gasteiger partial charge on any atom is 0.223 e. The van der Waals surface area contributed by atoms with Gasteiger partial charge in [0, 0.05) is 12.0 Å². The summed E-state index contributed by atoms with van der Waals surface area (Å²) < 4.78 is 5.79. The Hall–Kier alpha value is -1.55. The van der Waals surface area contributed by atoms with E-state index in [1.54, 1.807) is 0 Å². The molecule has 1 aromatic carbocycles. The molecule has 0 bridgehead atoms. The molecule has 4 nitrogen and oxygen atoms in total. The fourth-order valence-electron chi connectivity index (χ4n) is 2.96. The zero-order valence-corrected chi connectivity index (χ0v) is 13.0. The Bertz CT molecular complexity index is 467. The lowest BCUT2D eigenvalue weighted by Crippen LogP contribution is -2.39. The molecule has 1 aromatic rings. The number of rotatable bonds is 5. The number of nitrogens with two attached hydrogens (primary N) is 1. The van der Waals surface area contributed by atoms with E-state index in [0.717, 1.165) is 42.6 Å². The molecule has 0 heterocycles. The molecular formula is C17H26N2O2. The van der Waals surface area contributed by atoms with Gasteiger partial charge in [-0.2, -0.15) is 0 Å². The van der Waals surface area contributed by atoms with E-state index in [4.69, 9.17) is 10.5 Å². The number of nitrogens with one attached hydrogen (secondary N) is 1. The summed E-state index contributed by atoms with van der Waals surface area (Å²) in [6.45, 7) is 5.10. The molecule has 2 atom stereocenters. The minimum Gasteiger partial charge on any atom is -0.491 e. The third kappa shape index (κ3) is 4.46. The van der Waals surface area contributed by atoms with E-state index in [2.05, 4.69) is 5.32 Å². The SMILES string of the molecule is Cc1cccc(C)c1OCCNC(=O)C1CCCC(N)C1. The summed E-state index contributed by atoms with van der Waals surface area (Å²) in [6.07, 6.45) is 3.86. The normalized spacial score (nSPS) is 21.9. The molecule has 1 aliphatic carbocycles. The number of benzene rings is 1. The number of carbonyl (C=O) groups is 1.